The number of likely N-dealkylation sites (tertiary alicyclic amines) is 1. The minimum atomic E-state index is -4.65. The quantitative estimate of drug-likeness (QED) is 0.565. The van der Waals surface area contributed by atoms with Crippen LogP contribution in [0.2, 0.25) is 10.0 Å². The summed E-state index contributed by atoms with van der Waals surface area (Å²) in [5, 5.41) is 8.79. The second-order valence-electron chi connectivity index (χ2n) is 7.41. The van der Waals surface area contributed by atoms with E-state index in [0.717, 1.165) is 44.2 Å². The van der Waals surface area contributed by atoms with Crippen LogP contribution in [0.15, 0.2) is 18.3 Å². The number of hydrogen-bond acceptors (Lipinski definition) is 4. The summed E-state index contributed by atoms with van der Waals surface area (Å²) < 4.78 is 44.5. The monoisotopic (exact) mass is 478 g/mol. The third-order valence-corrected chi connectivity index (χ3v) is 6.10. The Hall–Kier alpha value is -1.97. The molecule has 0 aliphatic carbocycles. The van der Waals surface area contributed by atoms with Crippen molar-refractivity contribution >= 4 is 29.1 Å². The highest BCUT2D eigenvalue weighted by Gasteiger charge is 2.37. The second-order valence-corrected chi connectivity index (χ2v) is 8.19. The molecule has 2 N–H and O–H groups in total. The molecule has 1 aliphatic heterocycles. The van der Waals surface area contributed by atoms with Crippen LogP contribution in [0.3, 0.4) is 0 Å². The number of piperidine rings is 1. The van der Waals surface area contributed by atoms with Crippen LogP contribution < -0.4 is 10.1 Å². The van der Waals surface area contributed by atoms with E-state index < -0.39 is 23.3 Å². The molecule has 0 unspecified atom stereocenters. The molecule has 0 saturated carbocycles. The molecule has 1 amide bonds. The number of nitrogens with one attached hydrogen (secondary N) is 2. The molecule has 1 aromatic carbocycles. The van der Waals surface area contributed by atoms with Gasteiger partial charge in [-0.2, -0.15) is 18.3 Å². The Bertz CT molecular complexity index is 912. The van der Waals surface area contributed by atoms with E-state index >= 15 is 0 Å². The number of hydrogen-bond donors (Lipinski definition) is 2. The summed E-state index contributed by atoms with van der Waals surface area (Å²) in [4.78, 5) is 14.2. The lowest BCUT2D eigenvalue weighted by Crippen LogP contribution is -2.39. The predicted octanol–water partition coefficient (Wildman–Crippen LogP) is 4.71. The number of halogens is 5. The molecule has 0 radical (unpaired) electrons. The van der Waals surface area contributed by atoms with Crippen molar-refractivity contribution in [2.75, 3.05) is 26.2 Å². The van der Waals surface area contributed by atoms with Crippen LogP contribution in [0.5, 0.6) is 5.75 Å². The average Bonchev–Trinajstić information content (AvgIpc) is 3.23. The molecule has 170 valence electrons. The van der Waals surface area contributed by atoms with Crippen LogP contribution in [0, 0.1) is 6.92 Å². The molecule has 2 heterocycles. The maximum atomic E-state index is 12.8. The van der Waals surface area contributed by atoms with Gasteiger partial charge in [0.15, 0.2) is 5.69 Å². The largest absolute Gasteiger partial charge is 0.489 e. The van der Waals surface area contributed by atoms with Crippen molar-refractivity contribution in [2.45, 2.75) is 38.5 Å². The third-order valence-electron chi connectivity index (χ3n) is 5.22. The van der Waals surface area contributed by atoms with Gasteiger partial charge < -0.3 is 15.0 Å². The van der Waals surface area contributed by atoms with Crippen molar-refractivity contribution in [1.29, 1.82) is 0 Å². The summed E-state index contributed by atoms with van der Waals surface area (Å²) in [7, 11) is 0. The first-order chi connectivity index (χ1) is 14.7. The van der Waals surface area contributed by atoms with Crippen molar-refractivity contribution in [1.82, 2.24) is 20.4 Å². The molecule has 1 saturated heterocycles. The Morgan fingerprint density at radius 1 is 1.32 bits per heavy atom. The van der Waals surface area contributed by atoms with Crippen molar-refractivity contribution in [3.05, 3.63) is 45.2 Å². The zero-order valence-corrected chi connectivity index (χ0v) is 18.4. The first kappa shape index (κ1) is 23.7. The lowest BCUT2D eigenvalue weighted by molar-refractivity contribution is -0.141. The first-order valence-electron chi connectivity index (χ1n) is 9.89. The number of carbonyl (C=O) groups is 1. The molecule has 2 aromatic rings. The zero-order valence-electron chi connectivity index (χ0n) is 16.9. The third kappa shape index (κ3) is 6.05. The summed E-state index contributed by atoms with van der Waals surface area (Å²) in [6.45, 7) is 4.49. The van der Waals surface area contributed by atoms with Gasteiger partial charge in [-0.25, -0.2) is 0 Å². The van der Waals surface area contributed by atoms with Crippen molar-refractivity contribution in [3.8, 4) is 5.75 Å². The molecule has 0 bridgehead atoms. The van der Waals surface area contributed by atoms with Gasteiger partial charge in [0.25, 0.3) is 5.91 Å². The molecular formula is C20H23Cl2F3N4O2. The van der Waals surface area contributed by atoms with Gasteiger partial charge >= 0.3 is 6.18 Å². The van der Waals surface area contributed by atoms with Crippen molar-refractivity contribution < 1.29 is 22.7 Å². The van der Waals surface area contributed by atoms with E-state index in [0.29, 0.717) is 22.2 Å². The molecule has 1 fully saturated rings. The number of aromatic nitrogens is 2. The summed E-state index contributed by atoms with van der Waals surface area (Å²) in [6.07, 6.45) is -1.43. The molecule has 0 atom stereocenters. The van der Waals surface area contributed by atoms with Gasteiger partial charge in [-0.15, -0.1) is 0 Å². The minimum absolute atomic E-state index is 0.0518. The minimum Gasteiger partial charge on any atom is -0.489 e. The van der Waals surface area contributed by atoms with Crippen LogP contribution in [0.1, 0.15) is 40.9 Å². The Balaban J connectivity index is 1.38. The topological polar surface area (TPSA) is 70.2 Å². The highest BCUT2D eigenvalue weighted by atomic mass is 35.5. The standard InChI is InChI=1S/C20H23Cl2F3N4O2/c1-12-15(21)3-4-16(17(12)22)31-13-5-9-29(10-6-13)8-2-7-26-19(30)14-11-27-28-18(14)20(23,24)25/h3-4,11,13H,2,5-10H2,1H3,(H,26,30)(H,27,28). The van der Waals surface area contributed by atoms with Gasteiger partial charge in [0.05, 0.1) is 16.8 Å². The molecule has 6 nitrogen and oxygen atoms in total. The van der Waals surface area contributed by atoms with Crippen LogP contribution in [0.25, 0.3) is 0 Å². The summed E-state index contributed by atoms with van der Waals surface area (Å²) in [5.41, 5.74) is -0.845. The summed E-state index contributed by atoms with van der Waals surface area (Å²) in [5.74, 6) is -0.162. The Morgan fingerprint density at radius 2 is 2.03 bits per heavy atom. The highest BCUT2D eigenvalue weighted by Crippen LogP contribution is 2.34. The lowest BCUT2D eigenvalue weighted by atomic mass is 10.1. The maximum absolute atomic E-state index is 12.8. The number of alkyl halides is 3. The SMILES string of the molecule is Cc1c(Cl)ccc(OC2CCN(CCCNC(=O)c3cn[nH]c3C(F)(F)F)CC2)c1Cl. The van der Waals surface area contributed by atoms with Gasteiger partial charge in [0, 0.05) is 24.7 Å². The molecule has 11 heteroatoms. The van der Waals surface area contributed by atoms with E-state index in [4.69, 9.17) is 27.9 Å². The Kier molecular flexibility index (Phi) is 7.72. The molecule has 31 heavy (non-hydrogen) atoms. The molecule has 1 aromatic heterocycles. The van der Waals surface area contributed by atoms with Gasteiger partial charge in [-0.1, -0.05) is 23.2 Å². The van der Waals surface area contributed by atoms with E-state index in [9.17, 15) is 18.0 Å². The average molecular weight is 479 g/mol. The second kappa shape index (κ2) is 10.1. The maximum Gasteiger partial charge on any atom is 0.433 e. The fraction of sp³-hybridized carbons (Fsp3) is 0.500. The summed E-state index contributed by atoms with van der Waals surface area (Å²) in [6, 6.07) is 3.54. The fourth-order valence-corrected chi connectivity index (χ4v) is 3.85. The van der Waals surface area contributed by atoms with Crippen molar-refractivity contribution in [2.24, 2.45) is 0 Å². The number of amides is 1. The van der Waals surface area contributed by atoms with E-state index in [2.05, 4.69) is 15.3 Å². The van der Waals surface area contributed by atoms with E-state index in [-0.39, 0.29) is 12.6 Å². The van der Waals surface area contributed by atoms with Crippen LogP contribution in [-0.2, 0) is 6.18 Å². The van der Waals surface area contributed by atoms with Gasteiger partial charge in [-0.05, 0) is 50.4 Å². The van der Waals surface area contributed by atoms with E-state index in [1.54, 1.807) is 12.1 Å². The van der Waals surface area contributed by atoms with Gasteiger partial charge in [0.2, 0.25) is 0 Å². The van der Waals surface area contributed by atoms with Crippen molar-refractivity contribution in [3.63, 3.8) is 0 Å². The number of benzene rings is 1. The smallest absolute Gasteiger partial charge is 0.433 e. The number of H-pyrrole nitrogens is 1. The molecule has 1 aliphatic rings. The number of nitrogens with zero attached hydrogens (tertiary/aromatic N) is 2. The molecule has 3 rings (SSSR count). The number of carbonyl (C=O) groups excluding carboxylic acids is 1. The highest BCUT2D eigenvalue weighted by molar-refractivity contribution is 6.36. The van der Waals surface area contributed by atoms with Gasteiger partial charge in [-0.3, -0.25) is 9.89 Å². The summed E-state index contributed by atoms with van der Waals surface area (Å²) >= 11 is 12.4. The molecule has 0 spiro atoms. The van der Waals surface area contributed by atoms with Crippen LogP contribution in [-0.4, -0.2) is 53.3 Å². The van der Waals surface area contributed by atoms with E-state index in [1.807, 2.05) is 12.0 Å². The van der Waals surface area contributed by atoms with Crippen LogP contribution in [0.4, 0.5) is 13.2 Å². The van der Waals surface area contributed by atoms with Crippen LogP contribution >= 0.6 is 23.2 Å². The number of aromatic amines is 1. The van der Waals surface area contributed by atoms with E-state index in [1.165, 1.54) is 0 Å². The Labute approximate surface area is 188 Å². The van der Waals surface area contributed by atoms with Gasteiger partial charge in [0.1, 0.15) is 11.9 Å². The normalized spacial score (nSPS) is 15.8. The first-order valence-corrected chi connectivity index (χ1v) is 10.6. The molecular weight excluding hydrogens is 456 g/mol. The lowest BCUT2D eigenvalue weighted by Gasteiger charge is -2.32. The fourth-order valence-electron chi connectivity index (χ4n) is 3.43. The Morgan fingerprint density at radius 3 is 2.71 bits per heavy atom. The zero-order chi connectivity index (χ0) is 22.6. The number of rotatable bonds is 7. The predicted molar refractivity (Wildman–Crippen MR) is 112 cm³/mol. The number of ether oxygens (including phenoxy) is 1.